The molecule has 0 saturated carbocycles. The molecule has 0 aliphatic carbocycles. The van der Waals surface area contributed by atoms with Crippen LogP contribution >= 0.6 is 0 Å². The van der Waals surface area contributed by atoms with Crippen LogP contribution in [0.4, 0.5) is 10.5 Å². The smallest absolute Gasteiger partial charge is 0.412 e. The number of hydrogen-bond donors (Lipinski definition) is 1. The summed E-state index contributed by atoms with van der Waals surface area (Å²) < 4.78 is 5.35. The van der Waals surface area contributed by atoms with Crippen molar-refractivity contribution in [3.05, 3.63) is 28.8 Å². The van der Waals surface area contributed by atoms with Crippen LogP contribution in [0.2, 0.25) is 0 Å². The first-order valence-corrected chi connectivity index (χ1v) is 9.39. The lowest BCUT2D eigenvalue weighted by Crippen LogP contribution is -2.27. The number of anilines is 1. The van der Waals surface area contributed by atoms with E-state index in [1.165, 1.54) is 5.56 Å². The number of rotatable bonds is 6. The maximum atomic E-state index is 12.0. The molecule has 25 heavy (non-hydrogen) atoms. The molecule has 0 atom stereocenters. The van der Waals surface area contributed by atoms with Gasteiger partial charge in [-0.15, -0.1) is 0 Å². The Morgan fingerprint density at radius 2 is 1.84 bits per heavy atom. The van der Waals surface area contributed by atoms with Crippen molar-refractivity contribution >= 4 is 11.8 Å². The predicted molar refractivity (Wildman–Crippen MR) is 106 cm³/mol. The summed E-state index contributed by atoms with van der Waals surface area (Å²) in [5, 5.41) is 2.85. The first-order valence-electron chi connectivity index (χ1n) is 9.39. The van der Waals surface area contributed by atoms with Gasteiger partial charge in [-0.25, -0.2) is 4.79 Å². The van der Waals surface area contributed by atoms with Gasteiger partial charge in [0.2, 0.25) is 0 Å². The lowest BCUT2D eigenvalue weighted by Gasteiger charge is -2.20. The van der Waals surface area contributed by atoms with E-state index in [0.717, 1.165) is 55.3 Å². The Labute approximate surface area is 153 Å². The van der Waals surface area contributed by atoms with Gasteiger partial charge in [0.15, 0.2) is 0 Å². The number of nitrogens with one attached hydrogen (secondary N) is 1. The number of hydrogen-bond acceptors (Lipinski definition) is 2. The lowest BCUT2D eigenvalue weighted by molar-refractivity contribution is 0.0636. The highest BCUT2D eigenvalue weighted by Gasteiger charge is 2.17. The van der Waals surface area contributed by atoms with E-state index < -0.39 is 11.7 Å². The first kappa shape index (κ1) is 21.1. The van der Waals surface area contributed by atoms with Crippen molar-refractivity contribution in [2.45, 2.75) is 85.7 Å². The Kier molecular flexibility index (Phi) is 8.55. The summed E-state index contributed by atoms with van der Waals surface area (Å²) in [6, 6.07) is 4.01. The SMILES string of the molecule is CCCCC#Cc1c(C)cc(NC(=O)OC(C)(C)C)cc1CCCC. The lowest BCUT2D eigenvalue weighted by atomic mass is 9.97. The van der Waals surface area contributed by atoms with Crippen LogP contribution in [0.1, 0.15) is 83.4 Å². The molecule has 1 aromatic rings. The van der Waals surface area contributed by atoms with Gasteiger partial charge in [0.25, 0.3) is 0 Å². The standard InChI is InChI=1S/C22H33NO2/c1-7-9-11-12-14-20-17(3)15-19(16-18(20)13-10-8-2)23-21(24)25-22(4,5)6/h15-16H,7-11,13H2,1-6H3,(H,23,24). The van der Waals surface area contributed by atoms with Gasteiger partial charge in [-0.3, -0.25) is 5.32 Å². The molecular formula is C22H33NO2. The summed E-state index contributed by atoms with van der Waals surface area (Å²) in [6.45, 7) is 12.0. The third kappa shape index (κ3) is 8.12. The predicted octanol–water partition coefficient (Wildman–Crippen LogP) is 6.23. The van der Waals surface area contributed by atoms with E-state index in [4.69, 9.17) is 4.74 Å². The van der Waals surface area contributed by atoms with E-state index in [2.05, 4.69) is 37.9 Å². The molecule has 0 heterocycles. The van der Waals surface area contributed by atoms with E-state index in [1.807, 2.05) is 32.9 Å². The summed E-state index contributed by atoms with van der Waals surface area (Å²) >= 11 is 0. The van der Waals surface area contributed by atoms with Crippen LogP contribution in [0.25, 0.3) is 0 Å². The molecule has 138 valence electrons. The van der Waals surface area contributed by atoms with Crippen molar-refractivity contribution in [1.82, 2.24) is 0 Å². The Hall–Kier alpha value is -1.95. The van der Waals surface area contributed by atoms with Gasteiger partial charge < -0.3 is 4.74 Å². The van der Waals surface area contributed by atoms with Gasteiger partial charge in [-0.2, -0.15) is 0 Å². The minimum Gasteiger partial charge on any atom is -0.444 e. The second-order valence-corrected chi connectivity index (χ2v) is 7.46. The van der Waals surface area contributed by atoms with Crippen LogP contribution in [0.3, 0.4) is 0 Å². The molecule has 1 aromatic carbocycles. The zero-order chi connectivity index (χ0) is 18.9. The van der Waals surface area contributed by atoms with Gasteiger partial charge in [0.05, 0.1) is 0 Å². The minimum atomic E-state index is -0.505. The molecular weight excluding hydrogens is 310 g/mol. The zero-order valence-corrected chi connectivity index (χ0v) is 16.7. The number of aryl methyl sites for hydroxylation is 2. The average molecular weight is 344 g/mol. The molecule has 0 aromatic heterocycles. The molecule has 3 nitrogen and oxygen atoms in total. The van der Waals surface area contributed by atoms with Gasteiger partial charge in [0, 0.05) is 17.7 Å². The molecule has 0 aliphatic heterocycles. The zero-order valence-electron chi connectivity index (χ0n) is 16.7. The van der Waals surface area contributed by atoms with E-state index >= 15 is 0 Å². The minimum absolute atomic E-state index is 0.421. The van der Waals surface area contributed by atoms with Crippen molar-refractivity contribution in [3.8, 4) is 11.8 Å². The fourth-order valence-corrected chi connectivity index (χ4v) is 2.51. The molecule has 1 N–H and O–H groups in total. The number of ether oxygens (including phenoxy) is 1. The molecule has 1 amide bonds. The molecule has 0 saturated heterocycles. The molecule has 3 heteroatoms. The Balaban J connectivity index is 3.03. The largest absolute Gasteiger partial charge is 0.444 e. The van der Waals surface area contributed by atoms with Crippen LogP contribution in [-0.4, -0.2) is 11.7 Å². The van der Waals surface area contributed by atoms with Crippen LogP contribution in [0.5, 0.6) is 0 Å². The fourth-order valence-electron chi connectivity index (χ4n) is 2.51. The molecule has 0 fully saturated rings. The maximum absolute atomic E-state index is 12.0. The van der Waals surface area contributed by atoms with E-state index in [1.54, 1.807) is 0 Å². The first-order chi connectivity index (χ1) is 11.8. The number of amides is 1. The molecule has 0 aliphatic rings. The Morgan fingerprint density at radius 3 is 2.44 bits per heavy atom. The van der Waals surface area contributed by atoms with Gasteiger partial charge >= 0.3 is 6.09 Å². The molecule has 1 rings (SSSR count). The van der Waals surface area contributed by atoms with Crippen molar-refractivity contribution in [3.63, 3.8) is 0 Å². The van der Waals surface area contributed by atoms with Crippen LogP contribution < -0.4 is 5.32 Å². The monoisotopic (exact) mass is 343 g/mol. The summed E-state index contributed by atoms with van der Waals surface area (Å²) in [5.74, 6) is 6.64. The molecule has 0 spiro atoms. The summed E-state index contributed by atoms with van der Waals surface area (Å²) in [6.07, 6.45) is 6.02. The third-order valence-electron chi connectivity index (χ3n) is 3.73. The average Bonchev–Trinajstić information content (AvgIpc) is 2.49. The summed E-state index contributed by atoms with van der Waals surface area (Å²) in [7, 11) is 0. The van der Waals surface area contributed by atoms with Gasteiger partial charge in [-0.1, -0.05) is 38.5 Å². The number of carbonyl (C=O) groups excluding carboxylic acids is 1. The van der Waals surface area contributed by atoms with Crippen LogP contribution in [-0.2, 0) is 11.2 Å². The van der Waals surface area contributed by atoms with Gasteiger partial charge in [-0.05, 0) is 70.2 Å². The van der Waals surface area contributed by atoms with E-state index in [9.17, 15) is 4.79 Å². The quantitative estimate of drug-likeness (QED) is 0.491. The van der Waals surface area contributed by atoms with Crippen molar-refractivity contribution in [1.29, 1.82) is 0 Å². The Morgan fingerprint density at radius 1 is 1.16 bits per heavy atom. The summed E-state index contributed by atoms with van der Waals surface area (Å²) in [4.78, 5) is 12.0. The van der Waals surface area contributed by atoms with E-state index in [-0.39, 0.29) is 0 Å². The second-order valence-electron chi connectivity index (χ2n) is 7.46. The van der Waals surface area contributed by atoms with Gasteiger partial charge in [0.1, 0.15) is 5.60 Å². The highest BCUT2D eigenvalue weighted by Crippen LogP contribution is 2.23. The van der Waals surface area contributed by atoms with Crippen LogP contribution in [0.15, 0.2) is 12.1 Å². The van der Waals surface area contributed by atoms with E-state index in [0.29, 0.717) is 0 Å². The van der Waals surface area contributed by atoms with Crippen molar-refractivity contribution in [2.24, 2.45) is 0 Å². The molecule has 0 radical (unpaired) electrons. The highest BCUT2D eigenvalue weighted by atomic mass is 16.6. The maximum Gasteiger partial charge on any atom is 0.412 e. The fraction of sp³-hybridized carbons (Fsp3) is 0.591. The number of unbranched alkanes of at least 4 members (excludes halogenated alkanes) is 3. The third-order valence-corrected chi connectivity index (χ3v) is 3.73. The normalized spacial score (nSPS) is 10.8. The number of carbonyl (C=O) groups is 1. The summed E-state index contributed by atoms with van der Waals surface area (Å²) in [5.41, 5.74) is 3.69. The Bertz CT molecular complexity index is 630. The molecule has 0 unspecified atom stereocenters. The molecule has 0 bridgehead atoms. The van der Waals surface area contributed by atoms with Crippen LogP contribution in [0, 0.1) is 18.8 Å². The highest BCUT2D eigenvalue weighted by molar-refractivity contribution is 5.85. The topological polar surface area (TPSA) is 38.3 Å². The second kappa shape index (κ2) is 10.1. The van der Waals surface area contributed by atoms with Crippen molar-refractivity contribution < 1.29 is 9.53 Å². The number of benzene rings is 1. The van der Waals surface area contributed by atoms with Crippen molar-refractivity contribution in [2.75, 3.05) is 5.32 Å².